The Labute approximate surface area is 226 Å². The first kappa shape index (κ1) is 24.8. The molecule has 2 aliphatic rings. The van der Waals surface area contributed by atoms with Crippen LogP contribution >= 0.6 is 0 Å². The molecule has 2 atom stereocenters. The molecule has 2 fully saturated rings. The Hall–Kier alpha value is -4.47. The van der Waals surface area contributed by atoms with E-state index in [1.54, 1.807) is 9.13 Å². The van der Waals surface area contributed by atoms with Gasteiger partial charge in [-0.05, 0) is 73.1 Å². The van der Waals surface area contributed by atoms with Gasteiger partial charge < -0.3 is 15.5 Å². The summed E-state index contributed by atoms with van der Waals surface area (Å²) >= 11 is 0. The van der Waals surface area contributed by atoms with E-state index >= 15 is 0 Å². The van der Waals surface area contributed by atoms with Crippen LogP contribution in [0.2, 0.25) is 0 Å². The summed E-state index contributed by atoms with van der Waals surface area (Å²) in [4.78, 5) is 43.2. The number of nitrogens with zero attached hydrogens (tertiary/aromatic N) is 7. The van der Waals surface area contributed by atoms with Crippen LogP contribution in [0.5, 0.6) is 0 Å². The van der Waals surface area contributed by atoms with Crippen LogP contribution in [0.4, 0.5) is 11.6 Å². The molecule has 6 rings (SSSR count). The number of aryl methyl sites for hydroxylation is 1. The molecule has 4 heterocycles. The number of nitrogen functional groups attached to an aromatic ring is 1. The van der Waals surface area contributed by atoms with Crippen LogP contribution in [-0.4, -0.2) is 55.0 Å². The molecule has 10 heteroatoms. The highest BCUT2D eigenvalue weighted by molar-refractivity contribution is 5.87. The molecule has 1 amide bonds. The molecular formula is C29H32N8O2. The minimum absolute atomic E-state index is 0.0127. The fourth-order valence-electron chi connectivity index (χ4n) is 6.26. The van der Waals surface area contributed by atoms with Crippen molar-refractivity contribution in [2.45, 2.75) is 32.4 Å². The van der Waals surface area contributed by atoms with Gasteiger partial charge in [0.2, 0.25) is 5.91 Å². The predicted octanol–water partition coefficient (Wildman–Crippen LogP) is 3.10. The summed E-state index contributed by atoms with van der Waals surface area (Å²) in [6, 6.07) is 11.9. The van der Waals surface area contributed by atoms with Gasteiger partial charge in [-0.25, -0.2) is 19.7 Å². The molecule has 3 aromatic heterocycles. The number of amides is 1. The topological polar surface area (TPSA) is 115 Å². The molecule has 4 aromatic rings. The quantitative estimate of drug-likeness (QED) is 0.386. The van der Waals surface area contributed by atoms with Gasteiger partial charge >= 0.3 is 5.69 Å². The molecule has 1 aliphatic heterocycles. The van der Waals surface area contributed by atoms with Crippen molar-refractivity contribution in [1.82, 2.24) is 29.0 Å². The van der Waals surface area contributed by atoms with Gasteiger partial charge in [-0.15, -0.1) is 0 Å². The van der Waals surface area contributed by atoms with Crippen molar-refractivity contribution in [3.8, 4) is 5.69 Å². The highest BCUT2D eigenvalue weighted by Crippen LogP contribution is 2.44. The molecule has 0 spiro atoms. The van der Waals surface area contributed by atoms with Crippen molar-refractivity contribution >= 4 is 28.7 Å². The Morgan fingerprint density at radius 2 is 1.85 bits per heavy atom. The first-order valence-corrected chi connectivity index (χ1v) is 13.2. The van der Waals surface area contributed by atoms with E-state index in [4.69, 9.17) is 5.73 Å². The Morgan fingerprint density at radius 3 is 2.51 bits per heavy atom. The number of carbonyl (C=O) groups is 1. The van der Waals surface area contributed by atoms with Crippen LogP contribution in [0, 0.1) is 18.8 Å². The number of anilines is 2. The number of nitrogens with two attached hydrogens (primary N) is 1. The average molecular weight is 525 g/mol. The zero-order chi connectivity index (χ0) is 27.3. The van der Waals surface area contributed by atoms with Crippen LogP contribution in [-0.2, 0) is 11.3 Å². The van der Waals surface area contributed by atoms with Crippen LogP contribution in [0.1, 0.15) is 30.0 Å². The standard InChI is InChI=1S/C29H32N8O2/c1-4-25(38)35-15-20-12-23(13-21(20)16-35)37-28-26(27(30)32-17-33-28)36(29(37)39)22-7-5-19(6-8-22)14-34(3)24-11-18(2)9-10-31-24/h4-11,17,20-21,23H,1,12-16H2,2-3H3,(H2,30,32,33). The first-order valence-electron chi connectivity index (χ1n) is 13.2. The van der Waals surface area contributed by atoms with Crippen molar-refractivity contribution in [3.05, 3.63) is 83.2 Å². The molecule has 200 valence electrons. The number of aromatic nitrogens is 5. The van der Waals surface area contributed by atoms with E-state index in [0.29, 0.717) is 48.3 Å². The average Bonchev–Trinajstić information content (AvgIpc) is 3.59. The second kappa shape index (κ2) is 9.68. The molecule has 1 saturated carbocycles. The minimum Gasteiger partial charge on any atom is -0.382 e. The Morgan fingerprint density at radius 1 is 1.13 bits per heavy atom. The van der Waals surface area contributed by atoms with Crippen molar-refractivity contribution in [3.63, 3.8) is 0 Å². The normalized spacial score (nSPS) is 20.4. The van der Waals surface area contributed by atoms with Gasteiger partial charge in [-0.2, -0.15) is 0 Å². The summed E-state index contributed by atoms with van der Waals surface area (Å²) in [5.74, 6) is 1.85. The van der Waals surface area contributed by atoms with Crippen LogP contribution in [0.3, 0.4) is 0 Å². The summed E-state index contributed by atoms with van der Waals surface area (Å²) in [7, 11) is 2.01. The molecule has 2 N–H and O–H groups in total. The van der Waals surface area contributed by atoms with E-state index < -0.39 is 0 Å². The van der Waals surface area contributed by atoms with Crippen LogP contribution in [0.15, 0.2) is 66.4 Å². The molecule has 2 unspecified atom stereocenters. The van der Waals surface area contributed by atoms with Crippen LogP contribution < -0.4 is 16.3 Å². The maximum Gasteiger partial charge on any atom is 0.335 e. The summed E-state index contributed by atoms with van der Waals surface area (Å²) in [5, 5.41) is 0. The summed E-state index contributed by atoms with van der Waals surface area (Å²) < 4.78 is 3.42. The number of rotatable bonds is 6. The number of hydrogen-bond donors (Lipinski definition) is 1. The van der Waals surface area contributed by atoms with E-state index in [1.807, 2.05) is 55.4 Å². The van der Waals surface area contributed by atoms with Crippen molar-refractivity contribution in [2.75, 3.05) is 30.8 Å². The molecule has 1 saturated heterocycles. The van der Waals surface area contributed by atoms with E-state index in [0.717, 1.165) is 29.8 Å². The number of fused-ring (bicyclic) bond motifs is 2. The zero-order valence-electron chi connectivity index (χ0n) is 22.2. The molecule has 0 radical (unpaired) electrons. The third kappa shape index (κ3) is 4.35. The van der Waals surface area contributed by atoms with Gasteiger partial charge in [0.1, 0.15) is 17.7 Å². The molecule has 1 aromatic carbocycles. The maximum absolute atomic E-state index is 14.0. The van der Waals surface area contributed by atoms with E-state index in [9.17, 15) is 9.59 Å². The molecular weight excluding hydrogens is 492 g/mol. The number of carbonyl (C=O) groups excluding carboxylic acids is 1. The van der Waals surface area contributed by atoms with E-state index in [1.165, 1.54) is 12.4 Å². The SMILES string of the molecule is C=CC(=O)N1CC2CC(n3c(=O)n(-c4ccc(CN(C)c5cc(C)ccn5)cc4)c4c(N)ncnc43)CC2C1. The second-order valence-corrected chi connectivity index (χ2v) is 10.7. The number of hydrogen-bond acceptors (Lipinski definition) is 7. The van der Waals surface area contributed by atoms with Crippen molar-refractivity contribution in [1.29, 1.82) is 0 Å². The zero-order valence-corrected chi connectivity index (χ0v) is 22.2. The van der Waals surface area contributed by atoms with Gasteiger partial charge in [0.05, 0.1) is 5.69 Å². The highest BCUT2D eigenvalue weighted by Gasteiger charge is 2.43. The fourth-order valence-corrected chi connectivity index (χ4v) is 6.26. The van der Waals surface area contributed by atoms with E-state index in [-0.39, 0.29) is 23.5 Å². The lowest BCUT2D eigenvalue weighted by atomic mass is 10.0. The fraction of sp³-hybridized carbons (Fsp3) is 0.345. The predicted molar refractivity (Wildman–Crippen MR) is 151 cm³/mol. The lowest BCUT2D eigenvalue weighted by molar-refractivity contribution is -0.125. The number of likely N-dealkylation sites (tertiary alicyclic amines) is 1. The number of pyridine rings is 1. The van der Waals surface area contributed by atoms with Gasteiger partial charge in [0.15, 0.2) is 11.5 Å². The third-order valence-corrected chi connectivity index (χ3v) is 8.16. The Kier molecular flexibility index (Phi) is 6.17. The molecule has 1 aliphatic carbocycles. The first-order chi connectivity index (χ1) is 18.8. The van der Waals surface area contributed by atoms with Crippen molar-refractivity contribution in [2.24, 2.45) is 11.8 Å². The molecule has 39 heavy (non-hydrogen) atoms. The second-order valence-electron chi connectivity index (χ2n) is 10.7. The Bertz CT molecular complexity index is 1610. The number of imidazole rings is 1. The van der Waals surface area contributed by atoms with Gasteiger partial charge in [-0.1, -0.05) is 18.7 Å². The molecule has 0 bridgehead atoms. The summed E-state index contributed by atoms with van der Waals surface area (Å²) in [6.45, 7) is 7.74. The van der Waals surface area contributed by atoms with Gasteiger partial charge in [0.25, 0.3) is 0 Å². The van der Waals surface area contributed by atoms with Crippen LogP contribution in [0.25, 0.3) is 16.9 Å². The monoisotopic (exact) mass is 524 g/mol. The maximum atomic E-state index is 14.0. The minimum atomic E-state index is -0.171. The lowest BCUT2D eigenvalue weighted by Gasteiger charge is -2.19. The summed E-state index contributed by atoms with van der Waals surface area (Å²) in [5.41, 5.74) is 10.2. The van der Waals surface area contributed by atoms with Gasteiger partial charge in [0, 0.05) is 38.9 Å². The highest BCUT2D eigenvalue weighted by atomic mass is 16.2. The van der Waals surface area contributed by atoms with Gasteiger partial charge in [-0.3, -0.25) is 13.9 Å². The largest absolute Gasteiger partial charge is 0.382 e. The van der Waals surface area contributed by atoms with E-state index in [2.05, 4.69) is 32.5 Å². The lowest BCUT2D eigenvalue weighted by Crippen LogP contribution is -2.30. The third-order valence-electron chi connectivity index (χ3n) is 8.16. The Balaban J connectivity index is 1.30. The summed E-state index contributed by atoms with van der Waals surface area (Å²) in [6.07, 6.45) is 6.22. The molecule has 10 nitrogen and oxygen atoms in total. The smallest absolute Gasteiger partial charge is 0.335 e. The number of benzene rings is 1. The van der Waals surface area contributed by atoms with Crippen molar-refractivity contribution < 1.29 is 4.79 Å².